The number of amides is 1. The molecule has 0 aliphatic rings. The first kappa shape index (κ1) is 15.3. The lowest BCUT2D eigenvalue weighted by Gasteiger charge is -2.11. The Balaban J connectivity index is 1.86. The number of carbonyl (C=O) groups excluding carboxylic acids is 1. The molecule has 0 atom stereocenters. The average Bonchev–Trinajstić information content (AvgIpc) is 2.86. The Hall–Kier alpha value is -2.55. The van der Waals surface area contributed by atoms with Gasteiger partial charge in [-0.25, -0.2) is 0 Å². The van der Waals surface area contributed by atoms with Crippen LogP contribution in [0.5, 0.6) is 0 Å². The number of carbonyl (C=O) groups is 1. The van der Waals surface area contributed by atoms with E-state index >= 15 is 0 Å². The van der Waals surface area contributed by atoms with Gasteiger partial charge in [0, 0.05) is 16.6 Å². The SMILES string of the molecule is Cc1cc(C)c2c(CC(=O)Nc3c(C)cccc3C)coc2c1. The van der Waals surface area contributed by atoms with Gasteiger partial charge in [0.15, 0.2) is 0 Å². The number of nitrogens with one attached hydrogen (secondary N) is 1. The summed E-state index contributed by atoms with van der Waals surface area (Å²) in [5.41, 5.74) is 7.13. The minimum Gasteiger partial charge on any atom is -0.464 e. The van der Waals surface area contributed by atoms with Gasteiger partial charge >= 0.3 is 0 Å². The smallest absolute Gasteiger partial charge is 0.228 e. The van der Waals surface area contributed by atoms with E-state index in [1.54, 1.807) is 6.26 Å². The minimum atomic E-state index is -0.0231. The molecule has 0 unspecified atom stereocenters. The molecule has 3 aromatic rings. The second kappa shape index (κ2) is 5.92. The summed E-state index contributed by atoms with van der Waals surface area (Å²) in [6.45, 7) is 8.10. The van der Waals surface area contributed by atoms with E-state index in [0.29, 0.717) is 6.42 Å². The van der Waals surface area contributed by atoms with E-state index in [0.717, 1.165) is 44.5 Å². The number of hydrogen-bond acceptors (Lipinski definition) is 2. The van der Waals surface area contributed by atoms with Crippen LogP contribution >= 0.6 is 0 Å². The number of aryl methyl sites for hydroxylation is 4. The predicted molar refractivity (Wildman–Crippen MR) is 93.9 cm³/mol. The van der Waals surface area contributed by atoms with Crippen LogP contribution in [0.4, 0.5) is 5.69 Å². The van der Waals surface area contributed by atoms with Crippen molar-refractivity contribution in [3.8, 4) is 0 Å². The molecule has 1 amide bonds. The number of hydrogen-bond donors (Lipinski definition) is 1. The van der Waals surface area contributed by atoms with Crippen LogP contribution in [0.15, 0.2) is 41.0 Å². The van der Waals surface area contributed by atoms with Crippen molar-refractivity contribution in [3.63, 3.8) is 0 Å². The summed E-state index contributed by atoms with van der Waals surface area (Å²) in [5, 5.41) is 4.08. The summed E-state index contributed by atoms with van der Waals surface area (Å²) in [4.78, 5) is 12.5. The van der Waals surface area contributed by atoms with Crippen LogP contribution in [0.25, 0.3) is 11.0 Å². The third-order valence-electron chi connectivity index (χ3n) is 4.19. The van der Waals surface area contributed by atoms with Crippen LogP contribution in [0.2, 0.25) is 0 Å². The fourth-order valence-corrected chi connectivity index (χ4v) is 3.12. The zero-order chi connectivity index (χ0) is 16.6. The molecule has 0 radical (unpaired) electrons. The Labute approximate surface area is 136 Å². The molecule has 3 rings (SSSR count). The summed E-state index contributed by atoms with van der Waals surface area (Å²) in [5.74, 6) is -0.0231. The van der Waals surface area contributed by atoms with Crippen molar-refractivity contribution in [1.82, 2.24) is 0 Å². The number of benzene rings is 2. The highest BCUT2D eigenvalue weighted by Gasteiger charge is 2.14. The topological polar surface area (TPSA) is 42.2 Å². The van der Waals surface area contributed by atoms with E-state index in [9.17, 15) is 4.79 Å². The highest BCUT2D eigenvalue weighted by atomic mass is 16.3. The van der Waals surface area contributed by atoms with Gasteiger partial charge in [-0.1, -0.05) is 24.3 Å². The number of anilines is 1. The third-order valence-corrected chi connectivity index (χ3v) is 4.19. The van der Waals surface area contributed by atoms with E-state index in [1.807, 2.05) is 45.0 Å². The molecule has 3 nitrogen and oxygen atoms in total. The minimum absolute atomic E-state index is 0.0231. The summed E-state index contributed by atoms with van der Waals surface area (Å²) in [7, 11) is 0. The van der Waals surface area contributed by atoms with Crippen molar-refractivity contribution in [2.45, 2.75) is 34.1 Å². The maximum Gasteiger partial charge on any atom is 0.228 e. The first-order valence-electron chi connectivity index (χ1n) is 7.79. The van der Waals surface area contributed by atoms with Crippen molar-refractivity contribution in [3.05, 3.63) is 64.4 Å². The number of fused-ring (bicyclic) bond motifs is 1. The quantitative estimate of drug-likeness (QED) is 0.751. The zero-order valence-corrected chi connectivity index (χ0v) is 14.0. The highest BCUT2D eigenvalue weighted by molar-refractivity contribution is 5.97. The fourth-order valence-electron chi connectivity index (χ4n) is 3.12. The third kappa shape index (κ3) is 3.00. The van der Waals surface area contributed by atoms with Gasteiger partial charge in [-0.15, -0.1) is 0 Å². The van der Waals surface area contributed by atoms with Gasteiger partial charge in [0.2, 0.25) is 5.91 Å². The maximum absolute atomic E-state index is 12.5. The molecule has 0 aliphatic heterocycles. The molecular weight excluding hydrogens is 286 g/mol. The van der Waals surface area contributed by atoms with Gasteiger partial charge in [-0.2, -0.15) is 0 Å². The Kier molecular flexibility index (Phi) is 3.95. The second-order valence-corrected chi connectivity index (χ2v) is 6.21. The van der Waals surface area contributed by atoms with Crippen LogP contribution in [0.3, 0.4) is 0 Å². The molecule has 0 fully saturated rings. The lowest BCUT2D eigenvalue weighted by molar-refractivity contribution is -0.115. The van der Waals surface area contributed by atoms with Crippen LogP contribution in [-0.4, -0.2) is 5.91 Å². The molecule has 1 heterocycles. The van der Waals surface area contributed by atoms with Gasteiger partial charge in [-0.05, 0) is 56.0 Å². The van der Waals surface area contributed by atoms with Crippen LogP contribution < -0.4 is 5.32 Å². The van der Waals surface area contributed by atoms with Gasteiger partial charge in [0.1, 0.15) is 5.58 Å². The van der Waals surface area contributed by atoms with E-state index in [1.165, 1.54) is 0 Å². The highest BCUT2D eigenvalue weighted by Crippen LogP contribution is 2.27. The molecule has 2 aromatic carbocycles. The Morgan fingerprint density at radius 1 is 1.04 bits per heavy atom. The Bertz CT molecular complexity index is 870. The van der Waals surface area contributed by atoms with Crippen molar-refractivity contribution < 1.29 is 9.21 Å². The second-order valence-electron chi connectivity index (χ2n) is 6.21. The Morgan fingerprint density at radius 2 is 1.74 bits per heavy atom. The summed E-state index contributed by atoms with van der Waals surface area (Å²) >= 11 is 0. The summed E-state index contributed by atoms with van der Waals surface area (Å²) in [6, 6.07) is 10.1. The van der Waals surface area contributed by atoms with Crippen molar-refractivity contribution in [1.29, 1.82) is 0 Å². The van der Waals surface area contributed by atoms with E-state index in [-0.39, 0.29) is 5.91 Å². The summed E-state index contributed by atoms with van der Waals surface area (Å²) < 4.78 is 5.63. The molecule has 1 aromatic heterocycles. The van der Waals surface area contributed by atoms with Crippen LogP contribution in [-0.2, 0) is 11.2 Å². The van der Waals surface area contributed by atoms with Crippen LogP contribution in [0.1, 0.15) is 27.8 Å². The first-order chi connectivity index (χ1) is 11.0. The molecule has 0 saturated heterocycles. The number of para-hydroxylation sites is 1. The predicted octanol–water partition coefficient (Wildman–Crippen LogP) is 4.85. The van der Waals surface area contributed by atoms with Gasteiger partial charge < -0.3 is 9.73 Å². The largest absolute Gasteiger partial charge is 0.464 e. The average molecular weight is 307 g/mol. The van der Waals surface area contributed by atoms with Gasteiger partial charge in [0.25, 0.3) is 0 Å². The molecule has 118 valence electrons. The molecule has 1 N–H and O–H groups in total. The van der Waals surface area contributed by atoms with E-state index in [2.05, 4.69) is 18.3 Å². The van der Waals surface area contributed by atoms with E-state index < -0.39 is 0 Å². The maximum atomic E-state index is 12.5. The van der Waals surface area contributed by atoms with Crippen LogP contribution in [0, 0.1) is 27.7 Å². The molecule has 0 saturated carbocycles. The van der Waals surface area contributed by atoms with Gasteiger partial charge in [0.05, 0.1) is 12.7 Å². The lowest BCUT2D eigenvalue weighted by Crippen LogP contribution is -2.16. The van der Waals surface area contributed by atoms with E-state index in [4.69, 9.17) is 4.42 Å². The molecular formula is C20H21NO2. The van der Waals surface area contributed by atoms with Crippen molar-refractivity contribution >= 4 is 22.6 Å². The van der Waals surface area contributed by atoms with Gasteiger partial charge in [-0.3, -0.25) is 4.79 Å². The first-order valence-corrected chi connectivity index (χ1v) is 7.79. The van der Waals surface area contributed by atoms with Crippen molar-refractivity contribution in [2.24, 2.45) is 0 Å². The molecule has 0 bridgehead atoms. The van der Waals surface area contributed by atoms with Crippen molar-refractivity contribution in [2.75, 3.05) is 5.32 Å². The molecule has 23 heavy (non-hydrogen) atoms. The molecule has 3 heteroatoms. The standard InChI is InChI=1S/C20H21NO2/c1-12-8-15(4)19-16(11-23-17(19)9-12)10-18(22)21-20-13(2)6-5-7-14(20)3/h5-9,11H,10H2,1-4H3,(H,21,22). The Morgan fingerprint density at radius 3 is 2.43 bits per heavy atom. The molecule has 0 aliphatic carbocycles. The lowest BCUT2D eigenvalue weighted by atomic mass is 10.0. The molecule has 0 spiro atoms. The monoisotopic (exact) mass is 307 g/mol. The number of furan rings is 1. The fraction of sp³-hybridized carbons (Fsp3) is 0.250. The number of rotatable bonds is 3. The normalized spacial score (nSPS) is 11.0. The summed E-state index contributed by atoms with van der Waals surface area (Å²) in [6.07, 6.45) is 2.01. The zero-order valence-electron chi connectivity index (χ0n) is 14.0.